The van der Waals surface area contributed by atoms with E-state index >= 15 is 0 Å². The molecule has 110 valence electrons. The van der Waals surface area contributed by atoms with Crippen molar-refractivity contribution in [2.24, 2.45) is 5.92 Å². The molecule has 0 aliphatic heterocycles. The summed E-state index contributed by atoms with van der Waals surface area (Å²) in [5, 5.41) is 3.42. The summed E-state index contributed by atoms with van der Waals surface area (Å²) in [4.78, 5) is 0. The molecule has 2 aromatic rings. The van der Waals surface area contributed by atoms with E-state index in [0.717, 1.165) is 29.1 Å². The Kier molecular flexibility index (Phi) is 4.69. The Balaban J connectivity index is 2.24. The first-order chi connectivity index (χ1) is 9.97. The Hall–Kier alpha value is -2.22. The molecular formula is C19H24N2. The van der Waals surface area contributed by atoms with Gasteiger partial charge in [0.1, 0.15) is 0 Å². The largest absolute Gasteiger partial charge is 0.399 e. The molecule has 0 unspecified atom stereocenters. The molecule has 0 saturated carbocycles. The summed E-state index contributed by atoms with van der Waals surface area (Å²) in [6.07, 6.45) is 1.05. The molecule has 0 bridgehead atoms. The lowest BCUT2D eigenvalue weighted by Gasteiger charge is -2.17. The summed E-state index contributed by atoms with van der Waals surface area (Å²) in [6.45, 7) is 10.7. The number of rotatable bonds is 5. The number of nitrogens with one attached hydrogen (secondary N) is 1. The Morgan fingerprint density at radius 2 is 1.90 bits per heavy atom. The highest BCUT2D eigenvalue weighted by molar-refractivity contribution is 5.78. The molecule has 2 heteroatoms. The summed E-state index contributed by atoms with van der Waals surface area (Å²) in [7, 11) is 0. The first-order valence-corrected chi connectivity index (χ1v) is 7.37. The lowest BCUT2D eigenvalue weighted by atomic mass is 9.96. The van der Waals surface area contributed by atoms with Gasteiger partial charge in [0.2, 0.25) is 0 Å². The third kappa shape index (κ3) is 3.88. The van der Waals surface area contributed by atoms with E-state index in [1.165, 1.54) is 11.1 Å². The lowest BCUT2D eigenvalue weighted by Crippen LogP contribution is -2.04. The maximum Gasteiger partial charge on any atom is 0.0415 e. The van der Waals surface area contributed by atoms with Crippen LogP contribution in [0, 0.1) is 12.8 Å². The minimum Gasteiger partial charge on any atom is -0.399 e. The third-order valence-electron chi connectivity index (χ3n) is 3.51. The fourth-order valence-electron chi connectivity index (χ4n) is 2.49. The van der Waals surface area contributed by atoms with Gasteiger partial charge in [0.15, 0.2) is 0 Å². The highest BCUT2D eigenvalue weighted by Crippen LogP contribution is 2.25. The van der Waals surface area contributed by atoms with Crippen LogP contribution in [-0.4, -0.2) is 0 Å². The zero-order valence-electron chi connectivity index (χ0n) is 13.1. The van der Waals surface area contributed by atoms with Gasteiger partial charge in [0, 0.05) is 22.6 Å². The van der Waals surface area contributed by atoms with E-state index in [1.807, 2.05) is 25.1 Å². The molecule has 0 heterocycles. The monoisotopic (exact) mass is 280 g/mol. The second-order valence-electron chi connectivity index (χ2n) is 5.93. The first kappa shape index (κ1) is 15.2. The van der Waals surface area contributed by atoms with Crippen LogP contribution in [0.25, 0.3) is 5.70 Å². The van der Waals surface area contributed by atoms with Crippen LogP contribution in [0.2, 0.25) is 0 Å². The van der Waals surface area contributed by atoms with Crippen LogP contribution in [-0.2, 0) is 6.42 Å². The summed E-state index contributed by atoms with van der Waals surface area (Å²) in [6, 6.07) is 14.3. The van der Waals surface area contributed by atoms with Crippen molar-refractivity contribution in [3.05, 3.63) is 65.7 Å². The van der Waals surface area contributed by atoms with E-state index < -0.39 is 0 Å². The molecular weight excluding hydrogens is 256 g/mol. The predicted molar refractivity (Wildman–Crippen MR) is 93.2 cm³/mol. The van der Waals surface area contributed by atoms with E-state index in [0.29, 0.717) is 5.92 Å². The molecule has 0 atom stereocenters. The molecule has 21 heavy (non-hydrogen) atoms. The van der Waals surface area contributed by atoms with E-state index in [1.54, 1.807) is 0 Å². The predicted octanol–water partition coefficient (Wildman–Crippen LogP) is 4.86. The Labute approximate surface area is 127 Å². The molecule has 0 amide bonds. The molecule has 0 fully saturated rings. The third-order valence-corrected chi connectivity index (χ3v) is 3.51. The van der Waals surface area contributed by atoms with Gasteiger partial charge >= 0.3 is 0 Å². The Bertz CT molecular complexity index is 642. The fourth-order valence-corrected chi connectivity index (χ4v) is 2.49. The van der Waals surface area contributed by atoms with Crippen LogP contribution in [0.5, 0.6) is 0 Å². The van der Waals surface area contributed by atoms with Crippen LogP contribution in [0.15, 0.2) is 49.0 Å². The molecule has 0 aliphatic carbocycles. The van der Waals surface area contributed by atoms with Gasteiger partial charge in [-0.3, -0.25) is 0 Å². The van der Waals surface area contributed by atoms with Gasteiger partial charge in [-0.25, -0.2) is 0 Å². The first-order valence-electron chi connectivity index (χ1n) is 7.37. The number of nitrogen functional groups attached to an aromatic ring is 1. The molecule has 2 nitrogen and oxygen atoms in total. The van der Waals surface area contributed by atoms with E-state index in [2.05, 4.69) is 50.0 Å². The second-order valence-corrected chi connectivity index (χ2v) is 5.93. The van der Waals surface area contributed by atoms with Crippen molar-refractivity contribution in [1.29, 1.82) is 0 Å². The normalized spacial score (nSPS) is 10.7. The van der Waals surface area contributed by atoms with E-state index in [4.69, 9.17) is 5.73 Å². The fraction of sp³-hybridized carbons (Fsp3) is 0.263. The average Bonchev–Trinajstić information content (AvgIpc) is 2.42. The molecule has 0 spiro atoms. The number of hydrogen-bond donors (Lipinski definition) is 2. The second kappa shape index (κ2) is 6.49. The Morgan fingerprint density at radius 1 is 1.19 bits per heavy atom. The van der Waals surface area contributed by atoms with Gasteiger partial charge in [-0.05, 0) is 48.6 Å². The van der Waals surface area contributed by atoms with Gasteiger partial charge < -0.3 is 11.1 Å². The van der Waals surface area contributed by atoms with Crippen LogP contribution >= 0.6 is 0 Å². The summed E-state index contributed by atoms with van der Waals surface area (Å²) >= 11 is 0. The van der Waals surface area contributed by atoms with Gasteiger partial charge in [0.25, 0.3) is 0 Å². The van der Waals surface area contributed by atoms with Crippen LogP contribution in [0.4, 0.5) is 11.4 Å². The van der Waals surface area contributed by atoms with Crippen molar-refractivity contribution in [1.82, 2.24) is 0 Å². The number of nitrogens with two attached hydrogens (primary N) is 1. The van der Waals surface area contributed by atoms with Gasteiger partial charge in [-0.15, -0.1) is 0 Å². The van der Waals surface area contributed by atoms with Crippen molar-refractivity contribution < 1.29 is 0 Å². The van der Waals surface area contributed by atoms with Crippen molar-refractivity contribution in [2.75, 3.05) is 11.1 Å². The number of benzene rings is 2. The summed E-state index contributed by atoms with van der Waals surface area (Å²) in [5.41, 5.74) is 12.2. The number of hydrogen-bond acceptors (Lipinski definition) is 2. The maximum atomic E-state index is 5.80. The molecule has 2 rings (SSSR count). The topological polar surface area (TPSA) is 38.0 Å². The van der Waals surface area contributed by atoms with Crippen molar-refractivity contribution >= 4 is 17.1 Å². The molecule has 0 radical (unpaired) electrons. The molecule has 2 aromatic carbocycles. The van der Waals surface area contributed by atoms with Gasteiger partial charge in [-0.2, -0.15) is 0 Å². The van der Waals surface area contributed by atoms with Crippen LogP contribution < -0.4 is 11.1 Å². The molecule has 0 aromatic heterocycles. The number of anilines is 2. The molecule has 0 saturated heterocycles. The summed E-state index contributed by atoms with van der Waals surface area (Å²) < 4.78 is 0. The SMILES string of the molecule is C=C(Nc1ccc(N)cc1C)c1ccccc1CC(C)C. The minimum absolute atomic E-state index is 0.622. The van der Waals surface area contributed by atoms with Crippen LogP contribution in [0.3, 0.4) is 0 Å². The molecule has 3 N–H and O–H groups in total. The zero-order chi connectivity index (χ0) is 15.4. The standard InChI is InChI=1S/C19H24N2/c1-13(2)11-16-7-5-6-8-18(16)15(4)21-19-10-9-17(20)12-14(19)3/h5-10,12-13,21H,4,11,20H2,1-3H3. The van der Waals surface area contributed by atoms with E-state index in [9.17, 15) is 0 Å². The van der Waals surface area contributed by atoms with Crippen molar-refractivity contribution in [3.8, 4) is 0 Å². The lowest BCUT2D eigenvalue weighted by molar-refractivity contribution is 0.646. The Morgan fingerprint density at radius 3 is 2.57 bits per heavy atom. The number of aryl methyl sites for hydroxylation is 1. The quantitative estimate of drug-likeness (QED) is 0.768. The van der Waals surface area contributed by atoms with Crippen molar-refractivity contribution in [3.63, 3.8) is 0 Å². The highest BCUT2D eigenvalue weighted by atomic mass is 14.9. The zero-order valence-corrected chi connectivity index (χ0v) is 13.1. The average molecular weight is 280 g/mol. The van der Waals surface area contributed by atoms with E-state index in [-0.39, 0.29) is 0 Å². The van der Waals surface area contributed by atoms with Gasteiger partial charge in [-0.1, -0.05) is 44.7 Å². The molecule has 0 aliphatic rings. The van der Waals surface area contributed by atoms with Gasteiger partial charge in [0.05, 0.1) is 0 Å². The maximum absolute atomic E-state index is 5.80. The smallest absolute Gasteiger partial charge is 0.0415 e. The van der Waals surface area contributed by atoms with Crippen LogP contribution in [0.1, 0.15) is 30.5 Å². The highest BCUT2D eigenvalue weighted by Gasteiger charge is 2.08. The van der Waals surface area contributed by atoms with Crippen molar-refractivity contribution in [2.45, 2.75) is 27.2 Å². The summed E-state index contributed by atoms with van der Waals surface area (Å²) in [5.74, 6) is 0.622. The minimum atomic E-state index is 0.622.